The molecule has 2 aliphatic heterocycles. The maximum absolute atomic E-state index is 13.2. The van der Waals surface area contributed by atoms with Crippen LogP contribution in [0.25, 0.3) is 11.0 Å². The first-order valence-electron chi connectivity index (χ1n) is 11.0. The molecule has 0 bridgehead atoms. The van der Waals surface area contributed by atoms with Gasteiger partial charge in [-0.15, -0.1) is 0 Å². The van der Waals surface area contributed by atoms with Crippen molar-refractivity contribution in [1.29, 1.82) is 0 Å². The summed E-state index contributed by atoms with van der Waals surface area (Å²) in [6, 6.07) is 14.7. The molecule has 1 aromatic heterocycles. The van der Waals surface area contributed by atoms with Crippen LogP contribution in [0, 0.1) is 0 Å². The lowest BCUT2D eigenvalue weighted by atomic mass is 10.1. The van der Waals surface area contributed by atoms with Crippen molar-refractivity contribution in [1.82, 2.24) is 4.90 Å². The summed E-state index contributed by atoms with van der Waals surface area (Å²) >= 11 is 0. The second-order valence-electron chi connectivity index (χ2n) is 8.29. The summed E-state index contributed by atoms with van der Waals surface area (Å²) in [6.45, 7) is 2.45. The molecule has 166 valence electrons. The zero-order chi connectivity index (χ0) is 22.1. The van der Waals surface area contributed by atoms with Crippen molar-refractivity contribution in [2.24, 2.45) is 0 Å². The van der Waals surface area contributed by atoms with Crippen LogP contribution in [0.5, 0.6) is 11.5 Å². The third kappa shape index (κ3) is 3.90. The van der Waals surface area contributed by atoms with Gasteiger partial charge in [-0.2, -0.15) is 0 Å². The molecular formula is C25H26N2O5. The molecule has 3 heterocycles. The Bertz CT molecular complexity index is 1200. The van der Waals surface area contributed by atoms with E-state index < -0.39 is 11.7 Å². The smallest absolute Gasteiger partial charge is 0.336 e. The zero-order valence-electron chi connectivity index (χ0n) is 18.1. The molecule has 1 saturated heterocycles. The van der Waals surface area contributed by atoms with Crippen molar-refractivity contribution in [2.45, 2.75) is 31.9 Å². The van der Waals surface area contributed by atoms with Gasteiger partial charge in [-0.05, 0) is 49.1 Å². The highest BCUT2D eigenvalue weighted by Crippen LogP contribution is 2.35. The summed E-state index contributed by atoms with van der Waals surface area (Å²) in [4.78, 5) is 29.5. The van der Waals surface area contributed by atoms with Gasteiger partial charge in [0.1, 0.15) is 17.1 Å². The molecule has 0 N–H and O–H groups in total. The summed E-state index contributed by atoms with van der Waals surface area (Å²) < 4.78 is 16.8. The molecule has 1 fully saturated rings. The largest absolute Gasteiger partial charge is 0.497 e. The van der Waals surface area contributed by atoms with Gasteiger partial charge < -0.3 is 23.7 Å². The molecule has 0 aliphatic carbocycles. The van der Waals surface area contributed by atoms with Crippen LogP contribution in [0.4, 0.5) is 5.69 Å². The van der Waals surface area contributed by atoms with E-state index in [1.807, 2.05) is 41.3 Å². The van der Waals surface area contributed by atoms with Crippen molar-refractivity contribution < 1.29 is 18.7 Å². The van der Waals surface area contributed by atoms with E-state index in [9.17, 15) is 9.59 Å². The number of para-hydroxylation sites is 2. The van der Waals surface area contributed by atoms with E-state index in [1.165, 1.54) is 12.5 Å². The number of likely N-dealkylation sites (tertiary alicyclic amines) is 1. The number of carbonyl (C=O) groups excluding carboxylic acids is 1. The van der Waals surface area contributed by atoms with Gasteiger partial charge in [0, 0.05) is 37.2 Å². The van der Waals surface area contributed by atoms with E-state index in [4.69, 9.17) is 13.9 Å². The standard InChI is InChI=1S/C25H26N2O5/c1-30-18-9-10-19-17(13-24(28)32-22(19)14-18)15-27-16-23(25(29)26-11-5-2-6-12-26)31-21-8-4-3-7-20(21)27/h3-4,7-10,13-14,23H,2,5-6,11-12,15-16H2,1H3. The highest BCUT2D eigenvalue weighted by molar-refractivity contribution is 5.84. The highest BCUT2D eigenvalue weighted by Gasteiger charge is 2.34. The average Bonchev–Trinajstić information content (AvgIpc) is 2.83. The van der Waals surface area contributed by atoms with Gasteiger partial charge in [-0.1, -0.05) is 12.1 Å². The summed E-state index contributed by atoms with van der Waals surface area (Å²) in [7, 11) is 1.58. The minimum absolute atomic E-state index is 0.0337. The van der Waals surface area contributed by atoms with Crippen LogP contribution in [0.2, 0.25) is 0 Å². The fourth-order valence-corrected chi connectivity index (χ4v) is 4.58. The normalized spacial score (nSPS) is 18.2. The van der Waals surface area contributed by atoms with Gasteiger partial charge in [0.05, 0.1) is 19.3 Å². The molecule has 3 aromatic rings. The van der Waals surface area contributed by atoms with Gasteiger partial charge >= 0.3 is 5.63 Å². The predicted octanol–water partition coefficient (Wildman–Crippen LogP) is 3.58. The van der Waals surface area contributed by atoms with Crippen LogP contribution in [-0.4, -0.2) is 43.7 Å². The average molecular weight is 434 g/mol. The Morgan fingerprint density at radius 3 is 2.72 bits per heavy atom. The number of nitrogens with zero attached hydrogens (tertiary/aromatic N) is 2. The monoisotopic (exact) mass is 434 g/mol. The molecule has 2 aliphatic rings. The maximum atomic E-state index is 13.2. The first kappa shape index (κ1) is 20.4. The van der Waals surface area contributed by atoms with Crippen LogP contribution in [0.1, 0.15) is 24.8 Å². The summed E-state index contributed by atoms with van der Waals surface area (Å²) in [5.74, 6) is 1.34. The minimum Gasteiger partial charge on any atom is -0.497 e. The first-order valence-corrected chi connectivity index (χ1v) is 11.0. The van der Waals surface area contributed by atoms with Crippen LogP contribution in [-0.2, 0) is 11.3 Å². The Kier molecular flexibility index (Phi) is 5.47. The van der Waals surface area contributed by atoms with Crippen molar-refractivity contribution in [2.75, 3.05) is 31.6 Å². The Labute approximate surface area is 186 Å². The molecule has 1 atom stereocenters. The third-order valence-corrected chi connectivity index (χ3v) is 6.20. The number of rotatable bonds is 4. The van der Waals surface area contributed by atoms with Gasteiger partial charge in [0.15, 0.2) is 6.10 Å². The first-order chi connectivity index (χ1) is 15.6. The van der Waals surface area contributed by atoms with E-state index in [2.05, 4.69) is 4.90 Å². The summed E-state index contributed by atoms with van der Waals surface area (Å²) in [5.41, 5.74) is 1.81. The van der Waals surface area contributed by atoms with E-state index >= 15 is 0 Å². The van der Waals surface area contributed by atoms with Crippen LogP contribution >= 0.6 is 0 Å². The summed E-state index contributed by atoms with van der Waals surface area (Å²) in [6.07, 6.45) is 2.66. The predicted molar refractivity (Wildman–Crippen MR) is 121 cm³/mol. The summed E-state index contributed by atoms with van der Waals surface area (Å²) in [5, 5.41) is 0.841. The fourth-order valence-electron chi connectivity index (χ4n) is 4.58. The molecule has 0 spiro atoms. The van der Waals surface area contributed by atoms with Crippen LogP contribution in [0.3, 0.4) is 0 Å². The Hall–Kier alpha value is -3.48. The SMILES string of the molecule is COc1ccc2c(CN3CC(C(=O)N4CCCCC4)Oc4ccccc43)cc(=O)oc2c1. The number of fused-ring (bicyclic) bond motifs is 2. The number of hydrogen-bond donors (Lipinski definition) is 0. The molecule has 5 rings (SSSR count). The maximum Gasteiger partial charge on any atom is 0.336 e. The molecule has 1 unspecified atom stereocenters. The molecular weight excluding hydrogens is 408 g/mol. The van der Waals surface area contributed by atoms with E-state index in [1.54, 1.807) is 13.2 Å². The highest BCUT2D eigenvalue weighted by atomic mass is 16.5. The Morgan fingerprint density at radius 1 is 1.09 bits per heavy atom. The molecule has 0 saturated carbocycles. The van der Waals surface area contributed by atoms with Crippen molar-refractivity contribution in [3.63, 3.8) is 0 Å². The zero-order valence-corrected chi connectivity index (χ0v) is 18.1. The lowest BCUT2D eigenvalue weighted by molar-refractivity contribution is -0.139. The fraction of sp³-hybridized carbons (Fsp3) is 0.360. The van der Waals surface area contributed by atoms with Gasteiger partial charge in [0.2, 0.25) is 0 Å². The topological polar surface area (TPSA) is 72.2 Å². The second-order valence-corrected chi connectivity index (χ2v) is 8.29. The van der Waals surface area contributed by atoms with Gasteiger partial charge in [-0.25, -0.2) is 4.79 Å². The Balaban J connectivity index is 1.48. The molecule has 2 aromatic carbocycles. The number of methoxy groups -OCH3 is 1. The van der Waals surface area contributed by atoms with Gasteiger partial charge in [0.25, 0.3) is 5.91 Å². The molecule has 1 amide bonds. The molecule has 0 radical (unpaired) electrons. The van der Waals surface area contributed by atoms with Crippen LogP contribution in [0.15, 0.2) is 57.7 Å². The van der Waals surface area contributed by atoms with Gasteiger partial charge in [-0.3, -0.25) is 4.79 Å². The Morgan fingerprint density at radius 2 is 1.91 bits per heavy atom. The molecule has 7 heteroatoms. The number of carbonyl (C=O) groups is 1. The number of ether oxygens (including phenoxy) is 2. The number of benzene rings is 2. The molecule has 32 heavy (non-hydrogen) atoms. The third-order valence-electron chi connectivity index (χ3n) is 6.20. The number of piperidine rings is 1. The van der Waals surface area contributed by atoms with Crippen molar-refractivity contribution in [3.8, 4) is 11.5 Å². The van der Waals surface area contributed by atoms with E-state index in [0.717, 1.165) is 42.6 Å². The quantitative estimate of drug-likeness (QED) is 0.585. The number of amides is 1. The van der Waals surface area contributed by atoms with E-state index in [0.29, 0.717) is 30.2 Å². The lowest BCUT2D eigenvalue weighted by Gasteiger charge is -2.38. The number of hydrogen-bond acceptors (Lipinski definition) is 6. The lowest BCUT2D eigenvalue weighted by Crippen LogP contribution is -2.51. The van der Waals surface area contributed by atoms with E-state index in [-0.39, 0.29) is 5.91 Å². The van der Waals surface area contributed by atoms with Crippen molar-refractivity contribution >= 4 is 22.6 Å². The molecule has 7 nitrogen and oxygen atoms in total. The van der Waals surface area contributed by atoms with Crippen molar-refractivity contribution in [3.05, 3.63) is 64.5 Å². The second kappa shape index (κ2) is 8.57. The minimum atomic E-state index is -0.575. The number of anilines is 1. The van der Waals surface area contributed by atoms with Crippen LogP contribution < -0.4 is 20.0 Å².